The highest BCUT2D eigenvalue weighted by Crippen LogP contribution is 2.18. The second kappa shape index (κ2) is 5.11. The van der Waals surface area contributed by atoms with Crippen molar-refractivity contribution in [3.05, 3.63) is 53.1 Å². The Balaban J connectivity index is 2.46. The average Bonchev–Trinajstić information content (AvgIpc) is 2.36. The van der Waals surface area contributed by atoms with E-state index in [1.165, 1.54) is 24.3 Å². The van der Waals surface area contributed by atoms with Crippen LogP contribution >= 0.6 is 11.6 Å². The number of sulfonamides is 1. The van der Waals surface area contributed by atoms with E-state index in [9.17, 15) is 13.2 Å². The minimum atomic E-state index is -3.80. The number of nitrogens with zero attached hydrogens (tertiary/aromatic N) is 1. The van der Waals surface area contributed by atoms with Crippen molar-refractivity contribution in [1.82, 2.24) is 0 Å². The van der Waals surface area contributed by atoms with Gasteiger partial charge in [0, 0.05) is 5.57 Å². The molecular formula is C13H10ClNO3S. The number of allylic oxidation sites excluding steroid dienone is 4. The molecule has 1 aromatic rings. The predicted octanol–water partition coefficient (Wildman–Crippen LogP) is 2.47. The zero-order chi connectivity index (χ0) is 14.0. The quantitative estimate of drug-likeness (QED) is 0.787. The summed E-state index contributed by atoms with van der Waals surface area (Å²) in [5.74, 6) is -0.322. The zero-order valence-electron chi connectivity index (χ0n) is 10.00. The Kier molecular flexibility index (Phi) is 3.68. The van der Waals surface area contributed by atoms with Gasteiger partial charge in [-0.25, -0.2) is 0 Å². The van der Waals surface area contributed by atoms with Crippen LogP contribution in [0.25, 0.3) is 0 Å². The molecule has 2 rings (SSSR count). The predicted molar refractivity (Wildman–Crippen MR) is 73.8 cm³/mol. The number of rotatable bonds is 2. The smallest absolute Gasteiger partial charge is 0.282 e. The van der Waals surface area contributed by atoms with E-state index in [4.69, 9.17) is 11.6 Å². The molecule has 0 radical (unpaired) electrons. The summed E-state index contributed by atoms with van der Waals surface area (Å²) in [6.45, 7) is 1.56. The molecule has 6 heteroatoms. The van der Waals surface area contributed by atoms with Gasteiger partial charge in [0.2, 0.25) is 0 Å². The summed E-state index contributed by atoms with van der Waals surface area (Å²) in [4.78, 5) is 11.5. The molecule has 98 valence electrons. The lowest BCUT2D eigenvalue weighted by atomic mass is 10.1. The van der Waals surface area contributed by atoms with Crippen LogP contribution in [0.3, 0.4) is 0 Å². The van der Waals surface area contributed by atoms with E-state index in [0.29, 0.717) is 5.57 Å². The van der Waals surface area contributed by atoms with Gasteiger partial charge in [0.05, 0.1) is 15.6 Å². The van der Waals surface area contributed by atoms with Crippen LogP contribution in [0, 0.1) is 0 Å². The number of hydrogen-bond acceptors (Lipinski definition) is 3. The molecule has 0 N–H and O–H groups in total. The van der Waals surface area contributed by atoms with E-state index in [-0.39, 0.29) is 21.4 Å². The Bertz CT molecular complexity index is 692. The maximum atomic E-state index is 12.0. The molecule has 0 atom stereocenters. The summed E-state index contributed by atoms with van der Waals surface area (Å²) < 4.78 is 27.7. The Labute approximate surface area is 116 Å². The van der Waals surface area contributed by atoms with Gasteiger partial charge in [-0.15, -0.1) is 0 Å². The Morgan fingerprint density at radius 1 is 1.11 bits per heavy atom. The Morgan fingerprint density at radius 2 is 1.74 bits per heavy atom. The fraction of sp³-hybridized carbons (Fsp3) is 0.0769. The zero-order valence-corrected chi connectivity index (χ0v) is 11.6. The number of Topliss-reactive ketones (excluding diaryl/α,β-unsaturated/α-hetero) is 1. The van der Waals surface area contributed by atoms with E-state index >= 15 is 0 Å². The second-order valence-corrected chi connectivity index (χ2v) is 5.96. The molecule has 0 spiro atoms. The van der Waals surface area contributed by atoms with Gasteiger partial charge in [0.25, 0.3) is 10.0 Å². The molecule has 0 fully saturated rings. The first-order valence-corrected chi connectivity index (χ1v) is 7.22. The average molecular weight is 296 g/mol. The van der Waals surface area contributed by atoms with Crippen molar-refractivity contribution in [2.75, 3.05) is 0 Å². The fourth-order valence-corrected chi connectivity index (χ4v) is 2.80. The van der Waals surface area contributed by atoms with Gasteiger partial charge in [-0.05, 0) is 31.2 Å². The Hall–Kier alpha value is -1.72. The highest BCUT2D eigenvalue weighted by molar-refractivity contribution is 7.90. The number of carbonyl (C=O) groups is 1. The highest BCUT2D eigenvalue weighted by Gasteiger charge is 2.18. The van der Waals surface area contributed by atoms with E-state index < -0.39 is 10.0 Å². The van der Waals surface area contributed by atoms with Crippen molar-refractivity contribution in [2.24, 2.45) is 4.40 Å². The largest absolute Gasteiger partial charge is 0.288 e. The van der Waals surface area contributed by atoms with Crippen LogP contribution in [0.5, 0.6) is 0 Å². The first-order valence-electron chi connectivity index (χ1n) is 5.40. The summed E-state index contributed by atoms with van der Waals surface area (Å²) in [5.41, 5.74) is 0.500. The van der Waals surface area contributed by atoms with Crippen molar-refractivity contribution < 1.29 is 13.2 Å². The van der Waals surface area contributed by atoms with Crippen LogP contribution in [0.1, 0.15) is 6.92 Å². The molecule has 1 aliphatic rings. The van der Waals surface area contributed by atoms with Crippen LogP contribution in [-0.2, 0) is 14.8 Å². The molecular weight excluding hydrogens is 286 g/mol. The van der Waals surface area contributed by atoms with Gasteiger partial charge in [-0.2, -0.15) is 12.8 Å². The molecule has 1 aromatic carbocycles. The SMILES string of the molecule is CC1=CC(=NS(=O)(=O)c2ccccc2)C=C(Cl)C1=O. The molecule has 0 aliphatic heterocycles. The van der Waals surface area contributed by atoms with Gasteiger partial charge in [0.1, 0.15) is 0 Å². The van der Waals surface area contributed by atoms with Crippen LogP contribution in [0.4, 0.5) is 0 Å². The normalized spacial score (nSPS) is 18.2. The third kappa shape index (κ3) is 3.00. The maximum Gasteiger partial charge on any atom is 0.282 e. The van der Waals surface area contributed by atoms with E-state index in [1.54, 1.807) is 25.1 Å². The number of hydrogen-bond donors (Lipinski definition) is 0. The van der Waals surface area contributed by atoms with Gasteiger partial charge < -0.3 is 0 Å². The minimum Gasteiger partial charge on any atom is -0.288 e. The highest BCUT2D eigenvalue weighted by atomic mass is 35.5. The topological polar surface area (TPSA) is 63.6 Å². The molecule has 0 aromatic heterocycles. The summed E-state index contributed by atoms with van der Waals surface area (Å²) in [5, 5.41) is -0.0398. The van der Waals surface area contributed by atoms with Crippen molar-refractivity contribution in [1.29, 1.82) is 0 Å². The molecule has 4 nitrogen and oxygen atoms in total. The molecule has 1 aliphatic carbocycles. The van der Waals surface area contributed by atoms with Gasteiger partial charge >= 0.3 is 0 Å². The van der Waals surface area contributed by atoms with Crippen molar-refractivity contribution in [2.45, 2.75) is 11.8 Å². The van der Waals surface area contributed by atoms with Crippen molar-refractivity contribution >= 4 is 33.1 Å². The van der Waals surface area contributed by atoms with E-state index in [2.05, 4.69) is 4.40 Å². The summed E-state index contributed by atoms with van der Waals surface area (Å²) in [7, 11) is -3.80. The summed E-state index contributed by atoms with van der Waals surface area (Å²) in [6, 6.07) is 7.85. The molecule has 0 heterocycles. The summed E-state index contributed by atoms with van der Waals surface area (Å²) in [6.07, 6.45) is 2.64. The van der Waals surface area contributed by atoms with E-state index in [0.717, 1.165) is 0 Å². The van der Waals surface area contributed by atoms with Crippen molar-refractivity contribution in [3.8, 4) is 0 Å². The van der Waals surface area contributed by atoms with Crippen LogP contribution in [0.2, 0.25) is 0 Å². The number of ketones is 1. The maximum absolute atomic E-state index is 12.0. The fourth-order valence-electron chi connectivity index (χ4n) is 1.55. The van der Waals surface area contributed by atoms with Gasteiger partial charge in [-0.3, -0.25) is 4.79 Å². The molecule has 0 saturated heterocycles. The molecule has 19 heavy (non-hydrogen) atoms. The Morgan fingerprint density at radius 3 is 2.32 bits per heavy atom. The monoisotopic (exact) mass is 295 g/mol. The lowest BCUT2D eigenvalue weighted by Crippen LogP contribution is -2.11. The standard InChI is InChI=1S/C13H10ClNO3S/c1-9-7-10(8-12(14)13(9)16)15-19(17,18)11-5-3-2-4-6-11/h2-8H,1H3. The third-order valence-electron chi connectivity index (χ3n) is 2.48. The van der Waals surface area contributed by atoms with Crippen molar-refractivity contribution in [3.63, 3.8) is 0 Å². The number of carbonyl (C=O) groups excluding carboxylic acids is 1. The summed E-state index contributed by atoms with van der Waals surface area (Å²) >= 11 is 5.73. The number of halogens is 1. The minimum absolute atomic E-state index is 0.0398. The number of benzene rings is 1. The van der Waals surface area contributed by atoms with Crippen LogP contribution in [-0.4, -0.2) is 19.9 Å². The van der Waals surface area contributed by atoms with E-state index in [1.807, 2.05) is 0 Å². The first-order chi connectivity index (χ1) is 8.90. The van der Waals surface area contributed by atoms with Gasteiger partial charge in [-0.1, -0.05) is 29.8 Å². The van der Waals surface area contributed by atoms with Crippen LogP contribution < -0.4 is 0 Å². The second-order valence-electron chi connectivity index (χ2n) is 3.95. The molecule has 0 saturated carbocycles. The lowest BCUT2D eigenvalue weighted by molar-refractivity contribution is -0.111. The molecule has 0 amide bonds. The lowest BCUT2D eigenvalue weighted by Gasteiger charge is -2.07. The first kappa shape index (κ1) is 13.7. The van der Waals surface area contributed by atoms with Gasteiger partial charge in [0.15, 0.2) is 5.78 Å². The molecule has 0 bridgehead atoms. The third-order valence-corrected chi connectivity index (χ3v) is 4.08. The van der Waals surface area contributed by atoms with Crippen LogP contribution in [0.15, 0.2) is 62.4 Å². The molecule has 0 unspecified atom stereocenters.